The van der Waals surface area contributed by atoms with Gasteiger partial charge in [0.25, 0.3) is 0 Å². The molecule has 0 spiro atoms. The molecule has 1 heterocycles. The summed E-state index contributed by atoms with van der Waals surface area (Å²) < 4.78 is 4.65. The number of anilines is 1. The number of aryl methyl sites for hydroxylation is 1. The van der Waals surface area contributed by atoms with Crippen molar-refractivity contribution in [1.29, 1.82) is 0 Å². The maximum absolute atomic E-state index is 12.1. The molecule has 1 aromatic rings. The molecule has 7 nitrogen and oxygen atoms in total. The van der Waals surface area contributed by atoms with Crippen LogP contribution in [0.4, 0.5) is 5.69 Å². The Labute approximate surface area is 122 Å². The molecule has 0 aromatic heterocycles. The molecule has 1 aromatic carbocycles. The highest BCUT2D eigenvalue weighted by atomic mass is 16.5. The van der Waals surface area contributed by atoms with Crippen molar-refractivity contribution < 1.29 is 19.1 Å². The van der Waals surface area contributed by atoms with Crippen LogP contribution in [-0.2, 0) is 14.3 Å². The minimum absolute atomic E-state index is 0.110. The van der Waals surface area contributed by atoms with Gasteiger partial charge in [-0.05, 0) is 24.6 Å². The molecule has 7 heteroatoms. The van der Waals surface area contributed by atoms with Gasteiger partial charge in [-0.15, -0.1) is 0 Å². The summed E-state index contributed by atoms with van der Waals surface area (Å²) in [7, 11) is 1.30. The van der Waals surface area contributed by atoms with Crippen LogP contribution in [0.25, 0.3) is 0 Å². The Balaban J connectivity index is 2.09. The number of amides is 2. The van der Waals surface area contributed by atoms with E-state index < -0.39 is 12.0 Å². The molecule has 2 amide bonds. The fraction of sp³-hybridized carbons (Fsp3) is 0.357. The molecule has 1 saturated heterocycles. The number of nitrogens with one attached hydrogen (secondary N) is 3. The van der Waals surface area contributed by atoms with Gasteiger partial charge in [0, 0.05) is 12.2 Å². The Hall–Kier alpha value is -2.41. The first kappa shape index (κ1) is 15.0. The fourth-order valence-electron chi connectivity index (χ4n) is 1.97. The second-order valence-corrected chi connectivity index (χ2v) is 4.75. The van der Waals surface area contributed by atoms with Gasteiger partial charge < -0.3 is 15.4 Å². The van der Waals surface area contributed by atoms with Gasteiger partial charge in [0.1, 0.15) is 6.04 Å². The summed E-state index contributed by atoms with van der Waals surface area (Å²) in [5.74, 6) is -0.864. The number of carbonyl (C=O) groups is 3. The van der Waals surface area contributed by atoms with Crippen molar-refractivity contribution in [2.24, 2.45) is 0 Å². The van der Waals surface area contributed by atoms with Crippen LogP contribution < -0.4 is 16.0 Å². The zero-order chi connectivity index (χ0) is 15.4. The maximum atomic E-state index is 12.1. The van der Waals surface area contributed by atoms with Crippen LogP contribution in [0.15, 0.2) is 18.2 Å². The van der Waals surface area contributed by atoms with Gasteiger partial charge >= 0.3 is 5.97 Å². The number of ether oxygens (including phenoxy) is 1. The summed E-state index contributed by atoms with van der Waals surface area (Å²) in [6.07, 6.45) is 0. The normalized spacial score (nSPS) is 17.8. The topological polar surface area (TPSA) is 96.5 Å². The lowest BCUT2D eigenvalue weighted by molar-refractivity contribution is -0.124. The Kier molecular flexibility index (Phi) is 4.54. The molecular formula is C14H17N3O4. The number of piperazine rings is 1. The van der Waals surface area contributed by atoms with Crippen molar-refractivity contribution in [2.75, 3.05) is 25.5 Å². The molecule has 1 aliphatic rings. The van der Waals surface area contributed by atoms with Crippen LogP contribution >= 0.6 is 0 Å². The van der Waals surface area contributed by atoms with E-state index in [9.17, 15) is 14.4 Å². The van der Waals surface area contributed by atoms with Crippen molar-refractivity contribution in [3.8, 4) is 0 Å². The Morgan fingerprint density at radius 3 is 2.76 bits per heavy atom. The molecule has 0 bridgehead atoms. The summed E-state index contributed by atoms with van der Waals surface area (Å²) in [5, 5.41) is 8.21. The summed E-state index contributed by atoms with van der Waals surface area (Å²) in [5.41, 5.74) is 1.74. The molecular weight excluding hydrogens is 274 g/mol. The van der Waals surface area contributed by atoms with E-state index in [-0.39, 0.29) is 24.9 Å². The minimum Gasteiger partial charge on any atom is -0.465 e. The highest BCUT2D eigenvalue weighted by Gasteiger charge is 2.24. The average molecular weight is 291 g/mol. The highest BCUT2D eigenvalue weighted by molar-refractivity contribution is 5.98. The largest absolute Gasteiger partial charge is 0.465 e. The van der Waals surface area contributed by atoms with Crippen LogP contribution in [0.2, 0.25) is 0 Å². The lowest BCUT2D eigenvalue weighted by Crippen LogP contribution is -2.56. The van der Waals surface area contributed by atoms with E-state index in [1.807, 2.05) is 6.92 Å². The number of methoxy groups -OCH3 is 1. The summed E-state index contributed by atoms with van der Waals surface area (Å²) >= 11 is 0. The Bertz CT molecular complexity index is 576. The lowest BCUT2D eigenvalue weighted by atomic mass is 10.1. The smallest absolute Gasteiger partial charge is 0.337 e. The molecule has 1 fully saturated rings. The third-order valence-corrected chi connectivity index (χ3v) is 3.25. The molecule has 3 N–H and O–H groups in total. The van der Waals surface area contributed by atoms with Gasteiger partial charge in [-0.2, -0.15) is 0 Å². The monoisotopic (exact) mass is 291 g/mol. The van der Waals surface area contributed by atoms with Gasteiger partial charge in [0.05, 0.1) is 19.2 Å². The molecule has 112 valence electrons. The minimum atomic E-state index is -0.496. The first-order chi connectivity index (χ1) is 10.0. The average Bonchev–Trinajstić information content (AvgIpc) is 2.49. The van der Waals surface area contributed by atoms with Crippen molar-refractivity contribution in [3.63, 3.8) is 0 Å². The molecule has 1 unspecified atom stereocenters. The molecule has 2 rings (SSSR count). The fourth-order valence-corrected chi connectivity index (χ4v) is 1.97. The van der Waals surface area contributed by atoms with Gasteiger partial charge in [0.15, 0.2) is 0 Å². The van der Waals surface area contributed by atoms with E-state index in [2.05, 4.69) is 20.7 Å². The quantitative estimate of drug-likeness (QED) is 0.671. The van der Waals surface area contributed by atoms with Crippen molar-refractivity contribution in [2.45, 2.75) is 13.0 Å². The zero-order valence-electron chi connectivity index (χ0n) is 11.9. The SMILES string of the molecule is COC(=O)c1ccc(C)c(NC(=O)C2CNC(=O)CN2)c1. The molecule has 0 saturated carbocycles. The Morgan fingerprint density at radius 2 is 2.14 bits per heavy atom. The van der Waals surface area contributed by atoms with E-state index in [0.717, 1.165) is 5.56 Å². The number of benzene rings is 1. The van der Waals surface area contributed by atoms with Crippen LogP contribution in [-0.4, -0.2) is 44.0 Å². The third kappa shape index (κ3) is 3.57. The first-order valence-corrected chi connectivity index (χ1v) is 6.51. The summed E-state index contributed by atoms with van der Waals surface area (Å²) in [6, 6.07) is 4.44. The standard InChI is InChI=1S/C14H17N3O4/c1-8-3-4-9(14(20)21-2)5-10(8)17-13(19)11-6-16-12(18)7-15-11/h3-5,11,15H,6-7H2,1-2H3,(H,16,18)(H,17,19). The molecule has 1 atom stereocenters. The van der Waals surface area contributed by atoms with Gasteiger partial charge in [-0.25, -0.2) is 4.79 Å². The second-order valence-electron chi connectivity index (χ2n) is 4.75. The molecule has 0 radical (unpaired) electrons. The number of hydrogen-bond acceptors (Lipinski definition) is 5. The van der Waals surface area contributed by atoms with Gasteiger partial charge in [-0.3, -0.25) is 14.9 Å². The van der Waals surface area contributed by atoms with Crippen molar-refractivity contribution in [3.05, 3.63) is 29.3 Å². The van der Waals surface area contributed by atoms with Crippen LogP contribution in [0.1, 0.15) is 15.9 Å². The Morgan fingerprint density at radius 1 is 1.38 bits per heavy atom. The van der Waals surface area contributed by atoms with E-state index in [4.69, 9.17) is 0 Å². The van der Waals surface area contributed by atoms with Crippen LogP contribution in [0.3, 0.4) is 0 Å². The van der Waals surface area contributed by atoms with Crippen molar-refractivity contribution >= 4 is 23.5 Å². The highest BCUT2D eigenvalue weighted by Crippen LogP contribution is 2.18. The predicted octanol–water partition coefficient (Wildman–Crippen LogP) is -0.192. The van der Waals surface area contributed by atoms with Crippen LogP contribution in [0, 0.1) is 6.92 Å². The number of esters is 1. The number of rotatable bonds is 3. The summed E-state index contributed by atoms with van der Waals surface area (Å²) in [4.78, 5) is 34.7. The number of carbonyl (C=O) groups excluding carboxylic acids is 3. The van der Waals surface area contributed by atoms with Gasteiger partial charge in [-0.1, -0.05) is 6.07 Å². The van der Waals surface area contributed by atoms with E-state index in [1.54, 1.807) is 18.2 Å². The second kappa shape index (κ2) is 6.36. The number of hydrogen-bond donors (Lipinski definition) is 3. The molecule has 1 aliphatic heterocycles. The van der Waals surface area contributed by atoms with Gasteiger partial charge in [0.2, 0.25) is 11.8 Å². The van der Waals surface area contributed by atoms with E-state index >= 15 is 0 Å². The maximum Gasteiger partial charge on any atom is 0.337 e. The first-order valence-electron chi connectivity index (χ1n) is 6.51. The molecule has 0 aliphatic carbocycles. The van der Waals surface area contributed by atoms with E-state index in [0.29, 0.717) is 11.3 Å². The van der Waals surface area contributed by atoms with Crippen molar-refractivity contribution in [1.82, 2.24) is 10.6 Å². The zero-order valence-corrected chi connectivity index (χ0v) is 11.9. The van der Waals surface area contributed by atoms with E-state index in [1.165, 1.54) is 7.11 Å². The van der Waals surface area contributed by atoms with Crippen LogP contribution in [0.5, 0.6) is 0 Å². The summed E-state index contributed by atoms with van der Waals surface area (Å²) in [6.45, 7) is 2.17. The predicted molar refractivity (Wildman–Crippen MR) is 75.9 cm³/mol. The third-order valence-electron chi connectivity index (χ3n) is 3.25. The lowest BCUT2D eigenvalue weighted by Gasteiger charge is -2.23. The molecule has 21 heavy (non-hydrogen) atoms.